The number of ketones is 1. The van der Waals surface area contributed by atoms with Crippen molar-refractivity contribution in [1.29, 1.82) is 0 Å². The van der Waals surface area contributed by atoms with E-state index in [2.05, 4.69) is 33.8 Å². The van der Waals surface area contributed by atoms with Crippen LogP contribution < -0.4 is 4.74 Å². The fraction of sp³-hybridized carbons (Fsp3) is 0.462. The van der Waals surface area contributed by atoms with Crippen LogP contribution in [0.2, 0.25) is 0 Å². The maximum atomic E-state index is 12.8. The van der Waals surface area contributed by atoms with Crippen molar-refractivity contribution < 1.29 is 24.2 Å². The molecule has 3 rings (SSSR count). The summed E-state index contributed by atoms with van der Waals surface area (Å²) in [5, 5.41) is 10.1. The molecular formula is C26H32O5. The summed E-state index contributed by atoms with van der Waals surface area (Å²) in [7, 11) is 0. The van der Waals surface area contributed by atoms with Gasteiger partial charge in [-0.1, -0.05) is 39.8 Å². The van der Waals surface area contributed by atoms with Gasteiger partial charge in [0, 0.05) is 11.6 Å². The van der Waals surface area contributed by atoms with Crippen LogP contribution in [0.15, 0.2) is 36.4 Å². The maximum absolute atomic E-state index is 12.8. The van der Waals surface area contributed by atoms with Gasteiger partial charge < -0.3 is 14.6 Å². The van der Waals surface area contributed by atoms with Crippen LogP contribution >= 0.6 is 0 Å². The molecular weight excluding hydrogens is 392 g/mol. The number of rotatable bonds is 6. The van der Waals surface area contributed by atoms with Crippen LogP contribution in [0.4, 0.5) is 0 Å². The van der Waals surface area contributed by atoms with Crippen molar-refractivity contribution in [3.05, 3.63) is 58.7 Å². The summed E-state index contributed by atoms with van der Waals surface area (Å²) in [6.45, 7) is 12.3. The molecule has 2 aromatic rings. The highest BCUT2D eigenvalue weighted by Crippen LogP contribution is 2.45. The van der Waals surface area contributed by atoms with E-state index < -0.39 is 5.97 Å². The molecule has 31 heavy (non-hydrogen) atoms. The molecule has 0 saturated carbocycles. The normalized spacial score (nSPS) is 16.5. The van der Waals surface area contributed by atoms with Crippen molar-refractivity contribution in [3.8, 4) is 11.5 Å². The Bertz CT molecular complexity index is 1000. The molecule has 0 unspecified atom stereocenters. The Labute approximate surface area is 184 Å². The average molecular weight is 425 g/mol. The summed E-state index contributed by atoms with van der Waals surface area (Å²) in [5.41, 5.74) is 3.32. The van der Waals surface area contributed by atoms with Gasteiger partial charge in [0.1, 0.15) is 17.1 Å². The average Bonchev–Trinajstić information content (AvgIpc) is 2.69. The number of hydrogen-bond donors (Lipinski definition) is 1. The molecule has 0 saturated heterocycles. The number of aromatic hydroxyl groups is 1. The van der Waals surface area contributed by atoms with Gasteiger partial charge in [0.05, 0.1) is 6.10 Å². The molecule has 0 heterocycles. The third-order valence-corrected chi connectivity index (χ3v) is 6.08. The van der Waals surface area contributed by atoms with E-state index in [0.29, 0.717) is 11.3 Å². The van der Waals surface area contributed by atoms with Gasteiger partial charge in [0.15, 0.2) is 12.4 Å². The van der Waals surface area contributed by atoms with Crippen LogP contribution in [0.3, 0.4) is 0 Å². The van der Waals surface area contributed by atoms with Crippen molar-refractivity contribution >= 4 is 11.8 Å². The highest BCUT2D eigenvalue weighted by molar-refractivity contribution is 5.97. The minimum absolute atomic E-state index is 0.0220. The molecule has 0 amide bonds. The van der Waals surface area contributed by atoms with Crippen molar-refractivity contribution in [2.24, 2.45) is 0 Å². The van der Waals surface area contributed by atoms with E-state index in [9.17, 15) is 14.7 Å². The molecule has 1 aliphatic carbocycles. The summed E-state index contributed by atoms with van der Waals surface area (Å²) >= 11 is 0. The fourth-order valence-corrected chi connectivity index (χ4v) is 4.05. The van der Waals surface area contributed by atoms with Crippen molar-refractivity contribution in [3.63, 3.8) is 0 Å². The summed E-state index contributed by atoms with van der Waals surface area (Å²) in [5.74, 6) is -0.667. The van der Waals surface area contributed by atoms with Gasteiger partial charge in [-0.2, -0.15) is 0 Å². The van der Waals surface area contributed by atoms with Crippen LogP contribution in [-0.4, -0.2) is 29.6 Å². The second-order valence-corrected chi connectivity index (χ2v) is 9.87. The van der Waals surface area contributed by atoms with Crippen LogP contribution in [0.5, 0.6) is 11.5 Å². The van der Waals surface area contributed by atoms with Crippen LogP contribution in [-0.2, 0) is 15.6 Å². The third-order valence-electron chi connectivity index (χ3n) is 6.08. The Morgan fingerprint density at radius 1 is 0.968 bits per heavy atom. The summed E-state index contributed by atoms with van der Waals surface area (Å²) in [6.07, 6.45) is 1.91. The summed E-state index contributed by atoms with van der Waals surface area (Å²) in [4.78, 5) is 24.8. The van der Waals surface area contributed by atoms with E-state index in [4.69, 9.17) is 9.47 Å². The molecule has 5 nitrogen and oxygen atoms in total. The SMILES string of the molecule is CC(C)OC(=O)c1ccc(OCC(=O)c2ccc3c(c2)C(C)(C)CCC3(C)C)cc1O. The van der Waals surface area contributed by atoms with Gasteiger partial charge in [-0.05, 0) is 66.8 Å². The lowest BCUT2D eigenvalue weighted by atomic mass is 9.63. The van der Waals surface area contributed by atoms with E-state index in [-0.39, 0.29) is 40.6 Å². The number of carbonyl (C=O) groups is 2. The first-order chi connectivity index (χ1) is 14.4. The number of esters is 1. The van der Waals surface area contributed by atoms with Gasteiger partial charge in [0.2, 0.25) is 0 Å². The lowest BCUT2D eigenvalue weighted by Gasteiger charge is -2.42. The molecule has 0 atom stereocenters. The quantitative estimate of drug-likeness (QED) is 0.485. The van der Waals surface area contributed by atoms with Crippen LogP contribution in [0.1, 0.15) is 86.2 Å². The number of carbonyl (C=O) groups excluding carboxylic acids is 2. The highest BCUT2D eigenvalue weighted by atomic mass is 16.5. The second-order valence-electron chi connectivity index (χ2n) is 9.87. The molecule has 5 heteroatoms. The number of fused-ring (bicyclic) bond motifs is 1. The Morgan fingerprint density at radius 3 is 2.23 bits per heavy atom. The zero-order chi connectivity index (χ0) is 23.0. The third kappa shape index (κ3) is 4.92. The van der Waals surface area contributed by atoms with E-state index >= 15 is 0 Å². The molecule has 0 aromatic heterocycles. The molecule has 1 aliphatic rings. The molecule has 0 radical (unpaired) electrons. The lowest BCUT2D eigenvalue weighted by molar-refractivity contribution is 0.0374. The largest absolute Gasteiger partial charge is 0.507 e. The smallest absolute Gasteiger partial charge is 0.342 e. The molecule has 0 aliphatic heterocycles. The van der Waals surface area contributed by atoms with E-state index in [1.807, 2.05) is 12.1 Å². The number of phenolic OH excluding ortho intramolecular Hbond substituents is 1. The van der Waals surface area contributed by atoms with Crippen molar-refractivity contribution in [2.45, 2.75) is 71.3 Å². The number of hydrogen-bond acceptors (Lipinski definition) is 5. The first-order valence-electron chi connectivity index (χ1n) is 10.8. The van der Waals surface area contributed by atoms with Gasteiger partial charge in [-0.3, -0.25) is 4.79 Å². The predicted octanol–water partition coefficient (Wildman–Crippen LogP) is 5.57. The molecule has 1 N–H and O–H groups in total. The predicted molar refractivity (Wildman–Crippen MR) is 120 cm³/mol. The Kier molecular flexibility index (Phi) is 6.17. The second kappa shape index (κ2) is 8.37. The molecule has 0 fully saturated rings. The van der Waals surface area contributed by atoms with E-state index in [1.54, 1.807) is 19.9 Å². The number of ether oxygens (including phenoxy) is 2. The minimum atomic E-state index is -0.602. The van der Waals surface area contributed by atoms with Crippen molar-refractivity contribution in [1.82, 2.24) is 0 Å². The van der Waals surface area contributed by atoms with Gasteiger partial charge in [-0.15, -0.1) is 0 Å². The van der Waals surface area contributed by atoms with Crippen molar-refractivity contribution in [2.75, 3.05) is 6.61 Å². The first kappa shape index (κ1) is 22.9. The fourth-order valence-electron chi connectivity index (χ4n) is 4.05. The molecule has 0 spiro atoms. The van der Waals surface area contributed by atoms with Gasteiger partial charge in [0.25, 0.3) is 0 Å². The summed E-state index contributed by atoms with van der Waals surface area (Å²) in [6, 6.07) is 10.2. The standard InChI is InChI=1S/C26H32O5/c1-16(2)31-24(29)19-9-8-18(14-22(19)27)30-15-23(28)17-7-10-20-21(13-17)26(5,6)12-11-25(20,3)4/h7-10,13-14,16,27H,11-12,15H2,1-6H3. The molecule has 166 valence electrons. The Morgan fingerprint density at radius 2 is 1.61 bits per heavy atom. The van der Waals surface area contributed by atoms with E-state index in [1.165, 1.54) is 23.3 Å². The molecule has 0 bridgehead atoms. The van der Waals surface area contributed by atoms with E-state index in [0.717, 1.165) is 12.8 Å². The lowest BCUT2D eigenvalue weighted by Crippen LogP contribution is -2.34. The Hall–Kier alpha value is -2.82. The summed E-state index contributed by atoms with van der Waals surface area (Å²) < 4.78 is 10.7. The van der Waals surface area contributed by atoms with Gasteiger partial charge in [-0.25, -0.2) is 4.79 Å². The van der Waals surface area contributed by atoms with Crippen LogP contribution in [0, 0.1) is 0 Å². The van der Waals surface area contributed by atoms with Crippen LogP contribution in [0.25, 0.3) is 0 Å². The molecule has 2 aromatic carbocycles. The van der Waals surface area contributed by atoms with Gasteiger partial charge >= 0.3 is 5.97 Å². The topological polar surface area (TPSA) is 72.8 Å². The number of benzene rings is 2. The number of phenols is 1. The first-order valence-corrected chi connectivity index (χ1v) is 10.8. The zero-order valence-corrected chi connectivity index (χ0v) is 19.2. The minimum Gasteiger partial charge on any atom is -0.507 e. The monoisotopic (exact) mass is 424 g/mol. The number of Topliss-reactive ketones (excluding diaryl/α,β-unsaturated/α-hetero) is 1. The maximum Gasteiger partial charge on any atom is 0.342 e. The zero-order valence-electron chi connectivity index (χ0n) is 19.2. The highest BCUT2D eigenvalue weighted by Gasteiger charge is 2.37. The Balaban J connectivity index is 1.73.